The first-order valence-corrected chi connectivity index (χ1v) is 11.8. The molecule has 0 spiro atoms. The van der Waals surface area contributed by atoms with Gasteiger partial charge in [-0.05, 0) is 51.0 Å². The lowest BCUT2D eigenvalue weighted by Gasteiger charge is -2.26. The molecule has 0 N–H and O–H groups in total. The Bertz CT molecular complexity index is 627. The molecule has 0 amide bonds. The molecule has 114 valence electrons. The van der Waals surface area contributed by atoms with E-state index in [1.165, 1.54) is 17.5 Å². The summed E-state index contributed by atoms with van der Waals surface area (Å²) in [6, 6.07) is 9.08. The summed E-state index contributed by atoms with van der Waals surface area (Å²) >= 11 is 2.05. The minimum Gasteiger partial charge on any atom is -0.284 e. The molecule has 0 aliphatic carbocycles. The fraction of sp³-hybridized carbons (Fsp3) is 0.529. The topological polar surface area (TPSA) is 3.24 Å². The molecule has 3 rings (SSSR count). The van der Waals surface area contributed by atoms with Gasteiger partial charge >= 0.3 is 0 Å². The molecule has 1 aromatic carbocycles. The van der Waals surface area contributed by atoms with Crippen molar-refractivity contribution in [2.75, 3.05) is 20.8 Å². The summed E-state index contributed by atoms with van der Waals surface area (Å²) in [6.07, 6.45) is 2.83. The Morgan fingerprint density at radius 1 is 1.14 bits per heavy atom. The second kappa shape index (κ2) is 6.25. The van der Waals surface area contributed by atoms with E-state index in [2.05, 4.69) is 74.9 Å². The molecule has 1 saturated heterocycles. The van der Waals surface area contributed by atoms with Crippen LogP contribution in [0.5, 0.6) is 0 Å². The predicted octanol–water partition coefficient (Wildman–Crippen LogP) is 4.79. The van der Waals surface area contributed by atoms with Gasteiger partial charge in [0.2, 0.25) is 0 Å². The van der Waals surface area contributed by atoms with Crippen LogP contribution in [0.3, 0.4) is 0 Å². The zero-order valence-electron chi connectivity index (χ0n) is 13.6. The first-order valence-electron chi connectivity index (χ1n) is 7.71. The first kappa shape index (κ1) is 15.9. The summed E-state index contributed by atoms with van der Waals surface area (Å²) in [4.78, 5) is 0. The van der Waals surface area contributed by atoms with E-state index in [0.29, 0.717) is 0 Å². The summed E-state index contributed by atoms with van der Waals surface area (Å²) in [5, 5.41) is 3.31. The maximum Gasteiger partial charge on any atom is 0.0515 e. The molecule has 3 atom stereocenters. The molecule has 1 aliphatic heterocycles. The molecular weight excluding hydrogens is 312 g/mol. The summed E-state index contributed by atoms with van der Waals surface area (Å²) in [7, 11) is 4.27. The average Bonchev–Trinajstić information content (AvgIpc) is 2.98. The van der Waals surface area contributed by atoms with E-state index in [1.54, 1.807) is 15.3 Å². The van der Waals surface area contributed by atoms with Crippen LogP contribution in [0.25, 0.3) is 10.1 Å². The van der Waals surface area contributed by atoms with Crippen molar-refractivity contribution in [3.63, 3.8) is 0 Å². The number of thiophene rings is 1. The third-order valence-corrected chi connectivity index (χ3v) is 12.4. The van der Waals surface area contributed by atoms with Gasteiger partial charge in [0.15, 0.2) is 0 Å². The van der Waals surface area contributed by atoms with Crippen LogP contribution in [-0.2, 0) is 0 Å². The zero-order valence-corrected chi connectivity index (χ0v) is 16.2. The van der Waals surface area contributed by atoms with E-state index < -0.39 is 0 Å². The Hall–Kier alpha value is -0.000000000000000111. The molecule has 2 heterocycles. The Kier molecular flexibility index (Phi) is 4.72. The first-order chi connectivity index (χ1) is 10.0. The molecule has 0 saturated carbocycles. The highest BCUT2D eigenvalue weighted by molar-refractivity contribution is 7.76. The summed E-state index contributed by atoms with van der Waals surface area (Å²) < 4.78 is 5.60. The third-order valence-electron chi connectivity index (χ3n) is 4.66. The van der Waals surface area contributed by atoms with E-state index in [9.17, 15) is 0 Å². The van der Waals surface area contributed by atoms with Crippen LogP contribution in [0.1, 0.15) is 26.7 Å². The molecule has 1 fully saturated rings. The number of fused-ring (bicyclic) bond motifs is 1. The number of benzene rings is 1. The molecule has 2 aromatic rings. The van der Waals surface area contributed by atoms with Crippen molar-refractivity contribution in [2.24, 2.45) is 0 Å². The molecule has 1 unspecified atom stereocenters. The SMILES string of the molecule is C[C@H]1CC[C@H](C)P1c1c(P(C)N(C)C)sc2ccccc12. The van der Waals surface area contributed by atoms with Gasteiger partial charge in [-0.2, -0.15) is 0 Å². The van der Waals surface area contributed by atoms with Crippen LogP contribution in [-0.4, -0.2) is 36.7 Å². The highest BCUT2D eigenvalue weighted by Crippen LogP contribution is 2.57. The molecule has 1 aliphatic rings. The van der Waals surface area contributed by atoms with Crippen molar-refractivity contribution in [1.29, 1.82) is 0 Å². The van der Waals surface area contributed by atoms with Gasteiger partial charge in [0.1, 0.15) is 0 Å². The second-order valence-electron chi connectivity index (χ2n) is 6.31. The van der Waals surface area contributed by atoms with Crippen molar-refractivity contribution >= 4 is 47.3 Å². The van der Waals surface area contributed by atoms with E-state index in [0.717, 1.165) is 11.3 Å². The predicted molar refractivity (Wildman–Crippen MR) is 103 cm³/mol. The lowest BCUT2D eigenvalue weighted by atomic mass is 10.2. The van der Waals surface area contributed by atoms with Crippen LogP contribution in [0, 0.1) is 0 Å². The zero-order chi connectivity index (χ0) is 15.1. The van der Waals surface area contributed by atoms with Crippen molar-refractivity contribution in [3.05, 3.63) is 24.3 Å². The van der Waals surface area contributed by atoms with E-state index in [1.807, 2.05) is 0 Å². The lowest BCUT2D eigenvalue weighted by Crippen LogP contribution is -2.25. The van der Waals surface area contributed by atoms with Crippen LogP contribution < -0.4 is 9.92 Å². The molecular formula is C17H25NP2S. The molecule has 1 nitrogen and oxygen atoms in total. The number of nitrogens with zero attached hydrogens (tertiary/aromatic N) is 1. The monoisotopic (exact) mass is 337 g/mol. The Balaban J connectivity index is 2.20. The van der Waals surface area contributed by atoms with Gasteiger partial charge in [0, 0.05) is 23.5 Å². The molecule has 4 heteroatoms. The quantitative estimate of drug-likeness (QED) is 0.728. The summed E-state index contributed by atoms with van der Waals surface area (Å²) in [5.41, 5.74) is 1.77. The fourth-order valence-electron chi connectivity index (χ4n) is 3.31. The number of hydrogen-bond donors (Lipinski definition) is 0. The summed E-state index contributed by atoms with van der Waals surface area (Å²) in [6.45, 7) is 7.39. The second-order valence-corrected chi connectivity index (χ2v) is 13.0. The Morgan fingerprint density at radius 2 is 1.76 bits per heavy atom. The van der Waals surface area contributed by atoms with Gasteiger partial charge in [-0.3, -0.25) is 4.67 Å². The lowest BCUT2D eigenvalue weighted by molar-refractivity contribution is 0.687. The van der Waals surface area contributed by atoms with Crippen molar-refractivity contribution in [3.8, 4) is 0 Å². The van der Waals surface area contributed by atoms with Gasteiger partial charge in [-0.15, -0.1) is 11.3 Å². The minimum absolute atomic E-state index is 0.00347. The van der Waals surface area contributed by atoms with Crippen LogP contribution in [0.4, 0.5) is 0 Å². The Labute approximate surface area is 135 Å². The Morgan fingerprint density at radius 3 is 2.38 bits per heavy atom. The largest absolute Gasteiger partial charge is 0.284 e. The van der Waals surface area contributed by atoms with Crippen molar-refractivity contribution < 1.29 is 0 Å². The molecule has 0 radical (unpaired) electrons. The smallest absolute Gasteiger partial charge is 0.0515 e. The minimum atomic E-state index is -0.188. The van der Waals surface area contributed by atoms with E-state index >= 15 is 0 Å². The number of rotatable bonds is 3. The summed E-state index contributed by atoms with van der Waals surface area (Å²) in [5.74, 6) is 0. The van der Waals surface area contributed by atoms with Gasteiger partial charge in [-0.1, -0.05) is 40.0 Å². The standard InChI is InChI=1S/C17H25NP2S/c1-12-10-11-13(2)20(12)16-14-8-6-7-9-15(14)21-17(16)19(5)18(3)4/h6-9,12-13H,10-11H2,1-5H3/t12-,13-,19?/m0/s1. The molecule has 21 heavy (non-hydrogen) atoms. The van der Waals surface area contributed by atoms with E-state index in [-0.39, 0.29) is 16.0 Å². The van der Waals surface area contributed by atoms with Crippen LogP contribution in [0.15, 0.2) is 24.3 Å². The highest BCUT2D eigenvalue weighted by Gasteiger charge is 2.35. The maximum atomic E-state index is 2.49. The molecule has 0 bridgehead atoms. The van der Waals surface area contributed by atoms with Crippen molar-refractivity contribution in [1.82, 2.24) is 4.67 Å². The van der Waals surface area contributed by atoms with Gasteiger partial charge < -0.3 is 0 Å². The average molecular weight is 337 g/mol. The van der Waals surface area contributed by atoms with Crippen LogP contribution >= 0.6 is 27.3 Å². The van der Waals surface area contributed by atoms with Crippen molar-refractivity contribution in [2.45, 2.75) is 38.0 Å². The van der Waals surface area contributed by atoms with Gasteiger partial charge in [0.25, 0.3) is 0 Å². The number of hydrogen-bond acceptors (Lipinski definition) is 2. The normalized spacial score (nSPS) is 25.0. The molecule has 1 aromatic heterocycles. The van der Waals surface area contributed by atoms with Gasteiger partial charge in [0.05, 0.1) is 4.62 Å². The third kappa shape index (κ3) is 2.81. The maximum absolute atomic E-state index is 2.49. The van der Waals surface area contributed by atoms with E-state index in [4.69, 9.17) is 0 Å². The van der Waals surface area contributed by atoms with Gasteiger partial charge in [-0.25, -0.2) is 0 Å². The fourth-order valence-corrected chi connectivity index (χ4v) is 10.9. The highest BCUT2D eigenvalue weighted by atomic mass is 32.1. The van der Waals surface area contributed by atoms with Crippen LogP contribution in [0.2, 0.25) is 0 Å².